The van der Waals surface area contributed by atoms with Crippen molar-refractivity contribution in [1.29, 1.82) is 0 Å². The largest absolute Gasteiger partial charge is 0.479 e. The zero-order valence-electron chi connectivity index (χ0n) is 15.1. The highest BCUT2D eigenvalue weighted by atomic mass is 32.2. The summed E-state index contributed by atoms with van der Waals surface area (Å²) in [4.78, 5) is 24.4. The van der Waals surface area contributed by atoms with Crippen molar-refractivity contribution in [3.63, 3.8) is 0 Å². The second-order valence-electron chi connectivity index (χ2n) is 6.21. The Balaban J connectivity index is 2.41. The van der Waals surface area contributed by atoms with E-state index in [1.165, 1.54) is 40.1 Å². The molecule has 27 heavy (non-hydrogen) atoms. The molecule has 8 nitrogen and oxygen atoms in total. The zero-order valence-corrected chi connectivity index (χ0v) is 15.9. The Morgan fingerprint density at radius 3 is 2.26 bits per heavy atom. The molecule has 0 radical (unpaired) electrons. The lowest BCUT2D eigenvalue weighted by Gasteiger charge is -2.26. The van der Waals surface area contributed by atoms with Gasteiger partial charge in [0, 0.05) is 20.2 Å². The van der Waals surface area contributed by atoms with Gasteiger partial charge in [-0.25, -0.2) is 21.9 Å². The van der Waals surface area contributed by atoms with E-state index in [2.05, 4.69) is 5.32 Å². The Labute approximate surface area is 155 Å². The number of furan rings is 1. The van der Waals surface area contributed by atoms with E-state index in [1.807, 2.05) is 0 Å². The van der Waals surface area contributed by atoms with Gasteiger partial charge in [-0.1, -0.05) is 12.1 Å². The van der Waals surface area contributed by atoms with Crippen molar-refractivity contribution in [1.82, 2.24) is 9.62 Å². The minimum atomic E-state index is -3.90. The van der Waals surface area contributed by atoms with Crippen LogP contribution in [0.15, 0.2) is 39.8 Å². The predicted octanol–water partition coefficient (Wildman–Crippen LogP) is 1.71. The van der Waals surface area contributed by atoms with E-state index in [0.717, 1.165) is 22.5 Å². The van der Waals surface area contributed by atoms with Gasteiger partial charge in [-0.2, -0.15) is 0 Å². The fourth-order valence-electron chi connectivity index (χ4n) is 2.31. The van der Waals surface area contributed by atoms with Gasteiger partial charge in [-0.05, 0) is 31.5 Å². The van der Waals surface area contributed by atoms with Crippen LogP contribution in [0.5, 0.6) is 0 Å². The van der Waals surface area contributed by atoms with E-state index in [9.17, 15) is 27.5 Å². The molecule has 0 saturated heterocycles. The van der Waals surface area contributed by atoms with Crippen LogP contribution in [0, 0.1) is 12.7 Å². The lowest BCUT2D eigenvalue weighted by Crippen LogP contribution is -2.49. The molecule has 1 heterocycles. The third-order valence-corrected chi connectivity index (χ3v) is 5.76. The number of carbonyl (C=O) groups is 2. The molecule has 146 valence electrons. The van der Waals surface area contributed by atoms with E-state index in [0.29, 0.717) is 0 Å². The second kappa shape index (κ2) is 7.12. The topological polar surface area (TPSA) is 117 Å². The van der Waals surface area contributed by atoms with Crippen molar-refractivity contribution in [3.05, 3.63) is 53.0 Å². The molecule has 1 unspecified atom stereocenters. The highest BCUT2D eigenvalue weighted by Gasteiger charge is 2.38. The molecule has 0 saturated carbocycles. The van der Waals surface area contributed by atoms with Crippen LogP contribution in [0.2, 0.25) is 0 Å². The first-order valence-corrected chi connectivity index (χ1v) is 9.18. The molecular weight excluding hydrogens is 379 g/mol. The average molecular weight is 398 g/mol. The normalized spacial score (nSPS) is 14.0. The summed E-state index contributed by atoms with van der Waals surface area (Å²) in [6.45, 7) is 2.63. The first kappa shape index (κ1) is 20.6. The van der Waals surface area contributed by atoms with Crippen LogP contribution >= 0.6 is 0 Å². The molecule has 0 spiro atoms. The lowest BCUT2D eigenvalue weighted by atomic mass is 9.91. The number of benzene rings is 1. The van der Waals surface area contributed by atoms with Gasteiger partial charge in [-0.15, -0.1) is 0 Å². The summed E-state index contributed by atoms with van der Waals surface area (Å²) in [6, 6.07) is 5.68. The monoisotopic (exact) mass is 398 g/mol. The lowest BCUT2D eigenvalue weighted by molar-refractivity contribution is -0.144. The molecule has 0 bridgehead atoms. The van der Waals surface area contributed by atoms with E-state index >= 15 is 0 Å². The molecule has 1 amide bonds. The smallest absolute Gasteiger partial charge is 0.333 e. The number of hydrogen-bond donors (Lipinski definition) is 2. The molecular formula is C17H19FN2O6S. The minimum absolute atomic E-state index is 0.0137. The highest BCUT2D eigenvalue weighted by molar-refractivity contribution is 7.88. The Kier molecular flexibility index (Phi) is 5.43. The quantitative estimate of drug-likeness (QED) is 0.765. The molecule has 10 heteroatoms. The molecule has 0 fully saturated rings. The number of carboxylic acids is 1. The Bertz CT molecular complexity index is 981. The number of carboxylic acid groups (broad SMARTS) is 1. The second-order valence-corrected chi connectivity index (χ2v) is 8.30. The molecule has 1 aromatic heterocycles. The van der Waals surface area contributed by atoms with Gasteiger partial charge < -0.3 is 14.8 Å². The number of sulfonamides is 1. The van der Waals surface area contributed by atoms with Gasteiger partial charge >= 0.3 is 5.97 Å². The number of aliphatic carboxylic acids is 1. The fraction of sp³-hybridized carbons (Fsp3) is 0.294. The number of nitrogens with zero attached hydrogens (tertiary/aromatic N) is 1. The summed E-state index contributed by atoms with van der Waals surface area (Å²) in [7, 11) is -1.28. The summed E-state index contributed by atoms with van der Waals surface area (Å²) in [6.07, 6.45) is 0. The van der Waals surface area contributed by atoms with Gasteiger partial charge in [0.25, 0.3) is 15.9 Å². The molecule has 0 aliphatic heterocycles. The van der Waals surface area contributed by atoms with Crippen LogP contribution in [0.1, 0.15) is 28.6 Å². The molecule has 0 aliphatic rings. The van der Waals surface area contributed by atoms with Gasteiger partial charge in [0.05, 0.1) is 5.56 Å². The Morgan fingerprint density at radius 2 is 1.78 bits per heavy atom. The third-order valence-electron chi connectivity index (χ3n) is 4.09. The average Bonchev–Trinajstić information content (AvgIpc) is 2.97. The number of halogens is 1. The van der Waals surface area contributed by atoms with Crippen molar-refractivity contribution >= 4 is 21.9 Å². The molecule has 1 atom stereocenters. The standard InChI is InChI=1S/C17H19FN2O6S/c1-10-13(9-14(26-10)27(24,25)20(3)4)15(21)19-17(2,16(22)23)11-5-7-12(18)8-6-11/h5-9H,1-4H3,(H,19,21)(H,22,23). The summed E-state index contributed by atoms with van der Waals surface area (Å²) in [5.41, 5.74) is -1.84. The maximum atomic E-state index is 13.1. The number of nitrogens with one attached hydrogen (secondary N) is 1. The fourth-order valence-corrected chi connectivity index (χ4v) is 3.17. The van der Waals surface area contributed by atoms with Gasteiger partial charge in [0.1, 0.15) is 11.6 Å². The van der Waals surface area contributed by atoms with Crippen LogP contribution in [-0.2, 0) is 20.4 Å². The van der Waals surface area contributed by atoms with E-state index in [-0.39, 0.29) is 16.9 Å². The number of aryl methyl sites for hydroxylation is 1. The minimum Gasteiger partial charge on any atom is -0.479 e. The first-order chi connectivity index (χ1) is 12.4. The number of carbonyl (C=O) groups excluding carboxylic acids is 1. The maximum absolute atomic E-state index is 13.1. The van der Waals surface area contributed by atoms with Crippen LogP contribution < -0.4 is 5.32 Å². The summed E-state index contributed by atoms with van der Waals surface area (Å²) in [5, 5.41) is 11.5. The zero-order chi connectivity index (χ0) is 20.6. The van der Waals surface area contributed by atoms with Crippen LogP contribution in [-0.4, -0.2) is 43.8 Å². The molecule has 2 aromatic rings. The summed E-state index contributed by atoms with van der Waals surface area (Å²) in [5.74, 6) is -2.75. The maximum Gasteiger partial charge on any atom is 0.333 e. The number of rotatable bonds is 6. The van der Waals surface area contributed by atoms with Gasteiger partial charge in [0.2, 0.25) is 5.09 Å². The van der Waals surface area contributed by atoms with Crippen LogP contribution in [0.4, 0.5) is 4.39 Å². The molecule has 2 rings (SSSR count). The predicted molar refractivity (Wildman–Crippen MR) is 93.2 cm³/mol. The molecule has 1 aromatic carbocycles. The molecule has 0 aliphatic carbocycles. The van der Waals surface area contributed by atoms with E-state index in [1.54, 1.807) is 0 Å². The Morgan fingerprint density at radius 1 is 1.22 bits per heavy atom. The summed E-state index contributed by atoms with van der Waals surface area (Å²) < 4.78 is 43.5. The van der Waals surface area contributed by atoms with E-state index in [4.69, 9.17) is 4.42 Å². The van der Waals surface area contributed by atoms with E-state index < -0.39 is 38.3 Å². The first-order valence-electron chi connectivity index (χ1n) is 7.74. The van der Waals surface area contributed by atoms with Crippen molar-refractivity contribution in [3.8, 4) is 0 Å². The number of hydrogen-bond acceptors (Lipinski definition) is 5. The van der Waals surface area contributed by atoms with Crippen molar-refractivity contribution in [2.45, 2.75) is 24.5 Å². The van der Waals surface area contributed by atoms with Crippen molar-refractivity contribution < 1.29 is 31.9 Å². The van der Waals surface area contributed by atoms with Gasteiger partial charge in [0.15, 0.2) is 5.54 Å². The van der Waals surface area contributed by atoms with Gasteiger partial charge in [-0.3, -0.25) is 4.79 Å². The molecule has 2 N–H and O–H groups in total. The SMILES string of the molecule is Cc1oc(S(=O)(=O)N(C)C)cc1C(=O)NC(C)(C(=O)O)c1ccc(F)cc1. The highest BCUT2D eigenvalue weighted by Crippen LogP contribution is 2.25. The summed E-state index contributed by atoms with van der Waals surface area (Å²) >= 11 is 0. The van der Waals surface area contributed by atoms with Crippen LogP contribution in [0.3, 0.4) is 0 Å². The Hall–Kier alpha value is -2.72. The van der Waals surface area contributed by atoms with Crippen LogP contribution in [0.25, 0.3) is 0 Å². The number of amides is 1. The third kappa shape index (κ3) is 3.86. The van der Waals surface area contributed by atoms with Crippen molar-refractivity contribution in [2.75, 3.05) is 14.1 Å². The van der Waals surface area contributed by atoms with Crippen molar-refractivity contribution in [2.24, 2.45) is 0 Å².